The van der Waals surface area contributed by atoms with Gasteiger partial charge < -0.3 is 19.5 Å². The van der Waals surface area contributed by atoms with Crippen molar-refractivity contribution in [1.29, 1.82) is 0 Å². The zero-order chi connectivity index (χ0) is 11.4. The maximum atomic E-state index is 9.15. The van der Waals surface area contributed by atoms with Crippen LogP contribution < -0.4 is 14.4 Å². The predicted molar refractivity (Wildman–Crippen MR) is 59.8 cm³/mol. The summed E-state index contributed by atoms with van der Waals surface area (Å²) in [6.07, 6.45) is 0. The molecule has 0 unspecified atom stereocenters. The number of aliphatic hydroxyl groups is 1. The lowest BCUT2D eigenvalue weighted by Crippen LogP contribution is -2.11. The fourth-order valence-corrected chi connectivity index (χ4v) is 1.42. The molecule has 0 saturated heterocycles. The van der Waals surface area contributed by atoms with Crippen molar-refractivity contribution >= 4 is 5.69 Å². The van der Waals surface area contributed by atoms with E-state index in [9.17, 15) is 0 Å². The smallest absolute Gasteiger partial charge is 0.142 e. The van der Waals surface area contributed by atoms with E-state index in [2.05, 4.69) is 0 Å². The molecule has 15 heavy (non-hydrogen) atoms. The number of nitrogens with zero attached hydrogens (tertiary/aromatic N) is 1. The van der Waals surface area contributed by atoms with Crippen LogP contribution in [-0.2, 0) is 6.61 Å². The van der Waals surface area contributed by atoms with Crippen molar-refractivity contribution in [3.63, 3.8) is 0 Å². The van der Waals surface area contributed by atoms with Gasteiger partial charge in [0.2, 0.25) is 0 Å². The molecule has 0 radical (unpaired) electrons. The number of aliphatic hydroxyl groups excluding tert-OH is 1. The Labute approximate surface area is 90.0 Å². The van der Waals surface area contributed by atoms with Crippen molar-refractivity contribution in [2.75, 3.05) is 33.2 Å². The third-order valence-electron chi connectivity index (χ3n) is 2.23. The van der Waals surface area contributed by atoms with Crippen LogP contribution in [0.1, 0.15) is 5.56 Å². The summed E-state index contributed by atoms with van der Waals surface area (Å²) in [5.74, 6) is 1.40. The first-order chi connectivity index (χ1) is 7.13. The normalized spacial score (nSPS) is 9.93. The maximum absolute atomic E-state index is 9.15. The van der Waals surface area contributed by atoms with Gasteiger partial charge in [-0.15, -0.1) is 0 Å². The molecular formula is C11H17NO3. The number of rotatable bonds is 4. The number of hydrogen-bond acceptors (Lipinski definition) is 4. The van der Waals surface area contributed by atoms with E-state index in [1.807, 2.05) is 25.1 Å². The van der Waals surface area contributed by atoms with Crippen molar-refractivity contribution in [2.24, 2.45) is 0 Å². The first kappa shape index (κ1) is 11.7. The first-order valence-electron chi connectivity index (χ1n) is 4.67. The number of ether oxygens (including phenoxy) is 2. The standard InChI is InChI=1S/C11H17NO3/c1-12(2)9-6-10(14-3)8(7-13)5-11(9)15-4/h5-6,13H,7H2,1-4H3. The molecule has 0 aromatic heterocycles. The molecule has 1 aromatic carbocycles. The molecule has 0 saturated carbocycles. The first-order valence-corrected chi connectivity index (χ1v) is 4.67. The van der Waals surface area contributed by atoms with E-state index in [4.69, 9.17) is 14.6 Å². The van der Waals surface area contributed by atoms with Crippen LogP contribution in [0.4, 0.5) is 5.69 Å². The molecular weight excluding hydrogens is 194 g/mol. The van der Waals surface area contributed by atoms with Crippen LogP contribution in [0, 0.1) is 0 Å². The highest BCUT2D eigenvalue weighted by Gasteiger charge is 2.11. The summed E-state index contributed by atoms with van der Waals surface area (Å²) in [4.78, 5) is 1.93. The Morgan fingerprint density at radius 2 is 1.73 bits per heavy atom. The van der Waals surface area contributed by atoms with Gasteiger partial charge in [0.15, 0.2) is 0 Å². The monoisotopic (exact) mass is 211 g/mol. The van der Waals surface area contributed by atoms with Crippen molar-refractivity contribution in [1.82, 2.24) is 0 Å². The molecule has 0 aliphatic carbocycles. The van der Waals surface area contributed by atoms with Crippen LogP contribution in [0.2, 0.25) is 0 Å². The Bertz CT molecular complexity index is 337. The molecule has 0 atom stereocenters. The minimum atomic E-state index is -0.0623. The second-order valence-corrected chi connectivity index (χ2v) is 3.39. The largest absolute Gasteiger partial charge is 0.496 e. The van der Waals surface area contributed by atoms with Crippen molar-refractivity contribution in [3.05, 3.63) is 17.7 Å². The molecule has 4 heteroatoms. The summed E-state index contributed by atoms with van der Waals surface area (Å²) in [5.41, 5.74) is 1.64. The number of anilines is 1. The number of methoxy groups -OCH3 is 2. The van der Waals surface area contributed by atoms with Crippen molar-refractivity contribution in [2.45, 2.75) is 6.61 Å². The molecule has 4 nitrogen and oxygen atoms in total. The van der Waals surface area contributed by atoms with Gasteiger partial charge in [0.1, 0.15) is 11.5 Å². The highest BCUT2D eigenvalue weighted by Crippen LogP contribution is 2.34. The summed E-state index contributed by atoms with van der Waals surface area (Å²) >= 11 is 0. The third kappa shape index (κ3) is 2.33. The highest BCUT2D eigenvalue weighted by molar-refractivity contribution is 5.63. The fourth-order valence-electron chi connectivity index (χ4n) is 1.42. The van der Waals surface area contributed by atoms with E-state index in [-0.39, 0.29) is 6.61 Å². The zero-order valence-electron chi connectivity index (χ0n) is 9.57. The molecule has 0 amide bonds. The molecule has 0 bridgehead atoms. The van der Waals surface area contributed by atoms with Gasteiger partial charge in [-0.1, -0.05) is 0 Å². The predicted octanol–water partition coefficient (Wildman–Crippen LogP) is 1.26. The lowest BCUT2D eigenvalue weighted by atomic mass is 10.1. The second kappa shape index (κ2) is 4.89. The van der Waals surface area contributed by atoms with Crippen LogP contribution in [-0.4, -0.2) is 33.4 Å². The summed E-state index contributed by atoms with van der Waals surface area (Å²) in [6, 6.07) is 3.64. The number of benzene rings is 1. The Hall–Kier alpha value is -1.42. The minimum absolute atomic E-state index is 0.0623. The molecule has 84 valence electrons. The average Bonchev–Trinajstić information content (AvgIpc) is 2.26. The molecule has 0 aliphatic heterocycles. The van der Waals surface area contributed by atoms with E-state index in [0.717, 1.165) is 17.0 Å². The van der Waals surface area contributed by atoms with Crippen LogP contribution in [0.15, 0.2) is 12.1 Å². The summed E-state index contributed by atoms with van der Waals surface area (Å²) in [5, 5.41) is 9.15. The average molecular weight is 211 g/mol. The highest BCUT2D eigenvalue weighted by atomic mass is 16.5. The van der Waals surface area contributed by atoms with Crippen LogP contribution in [0.25, 0.3) is 0 Å². The topological polar surface area (TPSA) is 41.9 Å². The second-order valence-electron chi connectivity index (χ2n) is 3.39. The van der Waals surface area contributed by atoms with Gasteiger partial charge in [-0.05, 0) is 6.07 Å². The van der Waals surface area contributed by atoms with Crippen LogP contribution >= 0.6 is 0 Å². The van der Waals surface area contributed by atoms with E-state index >= 15 is 0 Å². The van der Waals surface area contributed by atoms with E-state index in [1.165, 1.54) is 0 Å². The summed E-state index contributed by atoms with van der Waals surface area (Å²) < 4.78 is 10.4. The lowest BCUT2D eigenvalue weighted by molar-refractivity contribution is 0.273. The fraction of sp³-hybridized carbons (Fsp3) is 0.455. The van der Waals surface area contributed by atoms with Gasteiger partial charge in [0, 0.05) is 25.7 Å². The van der Waals surface area contributed by atoms with Crippen LogP contribution in [0.3, 0.4) is 0 Å². The summed E-state index contributed by atoms with van der Waals surface area (Å²) in [6.45, 7) is -0.0623. The third-order valence-corrected chi connectivity index (χ3v) is 2.23. The Kier molecular flexibility index (Phi) is 3.80. The molecule has 1 N–H and O–H groups in total. The Morgan fingerprint density at radius 1 is 1.13 bits per heavy atom. The van der Waals surface area contributed by atoms with Gasteiger partial charge in [-0.2, -0.15) is 0 Å². The Balaban J connectivity index is 3.27. The van der Waals surface area contributed by atoms with Gasteiger partial charge in [-0.25, -0.2) is 0 Å². The van der Waals surface area contributed by atoms with E-state index in [0.29, 0.717) is 5.75 Å². The SMILES string of the molecule is COc1cc(N(C)C)c(OC)cc1CO. The van der Waals surface area contributed by atoms with Gasteiger partial charge >= 0.3 is 0 Å². The lowest BCUT2D eigenvalue weighted by Gasteiger charge is -2.19. The molecule has 1 rings (SSSR count). The number of hydrogen-bond donors (Lipinski definition) is 1. The van der Waals surface area contributed by atoms with Crippen molar-refractivity contribution in [3.8, 4) is 11.5 Å². The molecule has 0 heterocycles. The van der Waals surface area contributed by atoms with E-state index < -0.39 is 0 Å². The molecule has 0 spiro atoms. The summed E-state index contributed by atoms with van der Waals surface area (Å²) in [7, 11) is 7.04. The quantitative estimate of drug-likeness (QED) is 0.814. The van der Waals surface area contributed by atoms with E-state index in [1.54, 1.807) is 20.3 Å². The molecule has 0 fully saturated rings. The van der Waals surface area contributed by atoms with Gasteiger partial charge in [0.05, 0.1) is 26.5 Å². The Morgan fingerprint density at radius 3 is 2.13 bits per heavy atom. The van der Waals surface area contributed by atoms with Crippen LogP contribution in [0.5, 0.6) is 11.5 Å². The maximum Gasteiger partial charge on any atom is 0.142 e. The molecule has 1 aromatic rings. The zero-order valence-corrected chi connectivity index (χ0v) is 9.57. The van der Waals surface area contributed by atoms with Gasteiger partial charge in [-0.3, -0.25) is 0 Å². The minimum Gasteiger partial charge on any atom is -0.496 e. The van der Waals surface area contributed by atoms with Crippen molar-refractivity contribution < 1.29 is 14.6 Å². The van der Waals surface area contributed by atoms with Gasteiger partial charge in [0.25, 0.3) is 0 Å². The molecule has 0 aliphatic rings.